The SMILES string of the molecule is CCCCCCCC(=O)Nc1cccc(C)c1C(=O)O. The highest BCUT2D eigenvalue weighted by Crippen LogP contribution is 2.20. The molecule has 0 saturated heterocycles. The molecule has 0 unspecified atom stereocenters. The van der Waals surface area contributed by atoms with Crippen LogP contribution in [-0.4, -0.2) is 17.0 Å². The Morgan fingerprint density at radius 1 is 1.15 bits per heavy atom. The third kappa shape index (κ3) is 5.03. The van der Waals surface area contributed by atoms with Crippen molar-refractivity contribution >= 4 is 17.6 Å². The van der Waals surface area contributed by atoms with Gasteiger partial charge in [0.1, 0.15) is 0 Å². The lowest BCUT2D eigenvalue weighted by Crippen LogP contribution is -2.15. The second-order valence-electron chi connectivity index (χ2n) is 5.02. The Morgan fingerprint density at radius 2 is 1.85 bits per heavy atom. The number of anilines is 1. The molecule has 0 fully saturated rings. The number of carboxylic acid groups (broad SMARTS) is 1. The molecule has 110 valence electrons. The predicted molar refractivity (Wildman–Crippen MR) is 80.1 cm³/mol. The van der Waals surface area contributed by atoms with E-state index in [0.29, 0.717) is 17.7 Å². The van der Waals surface area contributed by atoms with Crippen molar-refractivity contribution in [3.63, 3.8) is 0 Å². The number of aromatic carboxylic acids is 1. The summed E-state index contributed by atoms with van der Waals surface area (Å²) in [6.45, 7) is 3.88. The molecule has 0 aliphatic heterocycles. The monoisotopic (exact) mass is 277 g/mol. The fourth-order valence-electron chi connectivity index (χ4n) is 2.16. The van der Waals surface area contributed by atoms with E-state index in [2.05, 4.69) is 12.2 Å². The molecule has 1 rings (SSSR count). The summed E-state index contributed by atoms with van der Waals surface area (Å²) >= 11 is 0. The number of nitrogens with one attached hydrogen (secondary N) is 1. The molecule has 4 heteroatoms. The van der Waals surface area contributed by atoms with Crippen molar-refractivity contribution in [1.29, 1.82) is 0 Å². The number of benzene rings is 1. The number of carbonyl (C=O) groups is 2. The number of aryl methyl sites for hydroxylation is 1. The maximum atomic E-state index is 11.8. The van der Waals surface area contributed by atoms with Crippen LogP contribution >= 0.6 is 0 Å². The predicted octanol–water partition coefficient (Wildman–Crippen LogP) is 3.99. The second kappa shape index (κ2) is 8.35. The maximum absolute atomic E-state index is 11.8. The Morgan fingerprint density at radius 3 is 2.50 bits per heavy atom. The van der Waals surface area contributed by atoms with Crippen LogP contribution in [-0.2, 0) is 4.79 Å². The zero-order chi connectivity index (χ0) is 15.0. The van der Waals surface area contributed by atoms with Gasteiger partial charge in [-0.25, -0.2) is 4.79 Å². The Kier molecular flexibility index (Phi) is 6.77. The van der Waals surface area contributed by atoms with Crippen LogP contribution in [0.3, 0.4) is 0 Å². The van der Waals surface area contributed by atoms with Gasteiger partial charge in [-0.2, -0.15) is 0 Å². The lowest BCUT2D eigenvalue weighted by molar-refractivity contribution is -0.116. The third-order valence-electron chi connectivity index (χ3n) is 3.27. The molecule has 0 radical (unpaired) electrons. The number of carboxylic acids is 1. The number of amides is 1. The van der Waals surface area contributed by atoms with Crippen LogP contribution < -0.4 is 5.32 Å². The van der Waals surface area contributed by atoms with Crippen LogP contribution in [0.1, 0.15) is 61.4 Å². The maximum Gasteiger partial charge on any atom is 0.338 e. The highest BCUT2D eigenvalue weighted by Gasteiger charge is 2.14. The first-order valence-electron chi connectivity index (χ1n) is 7.19. The van der Waals surface area contributed by atoms with Crippen molar-refractivity contribution in [2.24, 2.45) is 0 Å². The molecule has 0 bridgehead atoms. The summed E-state index contributed by atoms with van der Waals surface area (Å²) in [5.41, 5.74) is 1.21. The van der Waals surface area contributed by atoms with Crippen molar-refractivity contribution in [1.82, 2.24) is 0 Å². The Labute approximate surface area is 120 Å². The summed E-state index contributed by atoms with van der Waals surface area (Å²) < 4.78 is 0. The lowest BCUT2D eigenvalue weighted by Gasteiger charge is -2.10. The van der Waals surface area contributed by atoms with Gasteiger partial charge in [0.15, 0.2) is 0 Å². The number of rotatable bonds is 8. The third-order valence-corrected chi connectivity index (χ3v) is 3.27. The molecule has 2 N–H and O–H groups in total. The molecule has 4 nitrogen and oxygen atoms in total. The summed E-state index contributed by atoms with van der Waals surface area (Å²) in [6.07, 6.45) is 5.85. The van der Waals surface area contributed by atoms with Crippen molar-refractivity contribution in [2.75, 3.05) is 5.32 Å². The zero-order valence-corrected chi connectivity index (χ0v) is 12.2. The Bertz CT molecular complexity index is 469. The Balaban J connectivity index is 2.54. The van der Waals surface area contributed by atoms with Crippen molar-refractivity contribution < 1.29 is 14.7 Å². The highest BCUT2D eigenvalue weighted by molar-refractivity contribution is 6.01. The molecule has 0 heterocycles. The fraction of sp³-hybridized carbons (Fsp3) is 0.500. The van der Waals surface area contributed by atoms with E-state index in [1.165, 1.54) is 12.8 Å². The van der Waals surface area contributed by atoms with Gasteiger partial charge < -0.3 is 10.4 Å². The van der Waals surface area contributed by atoms with Crippen LogP contribution in [0, 0.1) is 6.92 Å². The molecule has 0 aromatic heterocycles. The fourth-order valence-corrected chi connectivity index (χ4v) is 2.16. The molecule has 0 aliphatic carbocycles. The summed E-state index contributed by atoms with van der Waals surface area (Å²) in [7, 11) is 0. The van der Waals surface area contributed by atoms with E-state index in [4.69, 9.17) is 0 Å². The van der Waals surface area contributed by atoms with E-state index >= 15 is 0 Å². The average Bonchev–Trinajstić information content (AvgIpc) is 2.38. The average molecular weight is 277 g/mol. The van der Waals surface area contributed by atoms with E-state index in [0.717, 1.165) is 19.3 Å². The highest BCUT2D eigenvalue weighted by atomic mass is 16.4. The first-order chi connectivity index (χ1) is 9.56. The Hall–Kier alpha value is -1.84. The van der Waals surface area contributed by atoms with Gasteiger partial charge in [0.2, 0.25) is 5.91 Å². The first kappa shape index (κ1) is 16.2. The number of hydrogen-bond donors (Lipinski definition) is 2. The molecule has 0 saturated carbocycles. The van der Waals surface area contributed by atoms with Crippen molar-refractivity contribution in [3.8, 4) is 0 Å². The van der Waals surface area contributed by atoms with Crippen molar-refractivity contribution in [3.05, 3.63) is 29.3 Å². The van der Waals surface area contributed by atoms with Gasteiger partial charge in [0.25, 0.3) is 0 Å². The number of carbonyl (C=O) groups excluding carboxylic acids is 1. The molecular formula is C16H23NO3. The van der Waals surface area contributed by atoms with Gasteiger partial charge in [-0.1, -0.05) is 44.7 Å². The molecule has 1 aromatic carbocycles. The van der Waals surface area contributed by atoms with Gasteiger partial charge in [-0.15, -0.1) is 0 Å². The summed E-state index contributed by atoms with van der Waals surface area (Å²) in [4.78, 5) is 23.0. The van der Waals surface area contributed by atoms with E-state index in [1.54, 1.807) is 25.1 Å². The van der Waals surface area contributed by atoms with Gasteiger partial charge in [-0.05, 0) is 25.0 Å². The van der Waals surface area contributed by atoms with Gasteiger partial charge in [0.05, 0.1) is 11.3 Å². The summed E-state index contributed by atoms with van der Waals surface area (Å²) in [5, 5.41) is 11.9. The molecule has 0 aliphatic rings. The smallest absolute Gasteiger partial charge is 0.338 e. The van der Waals surface area contributed by atoms with Crippen LogP contribution in [0.15, 0.2) is 18.2 Å². The minimum Gasteiger partial charge on any atom is -0.478 e. The van der Waals surface area contributed by atoms with Crippen LogP contribution in [0.4, 0.5) is 5.69 Å². The van der Waals surface area contributed by atoms with Crippen LogP contribution in [0.2, 0.25) is 0 Å². The standard InChI is InChI=1S/C16H23NO3/c1-3-4-5-6-7-11-14(18)17-13-10-8-9-12(2)15(13)16(19)20/h8-10H,3-7,11H2,1-2H3,(H,17,18)(H,19,20). The molecule has 20 heavy (non-hydrogen) atoms. The molecule has 1 amide bonds. The topological polar surface area (TPSA) is 66.4 Å². The normalized spacial score (nSPS) is 10.3. The number of unbranched alkanes of at least 4 members (excludes halogenated alkanes) is 4. The lowest BCUT2D eigenvalue weighted by atomic mass is 10.1. The molecule has 0 atom stereocenters. The van der Waals surface area contributed by atoms with E-state index < -0.39 is 5.97 Å². The minimum atomic E-state index is -1.01. The van der Waals surface area contributed by atoms with Crippen LogP contribution in [0.25, 0.3) is 0 Å². The van der Waals surface area contributed by atoms with Gasteiger partial charge >= 0.3 is 5.97 Å². The minimum absolute atomic E-state index is 0.116. The summed E-state index contributed by atoms with van der Waals surface area (Å²) in [6, 6.07) is 5.11. The van der Waals surface area contributed by atoms with E-state index in [-0.39, 0.29) is 11.5 Å². The van der Waals surface area contributed by atoms with Gasteiger partial charge in [0, 0.05) is 6.42 Å². The number of hydrogen-bond acceptors (Lipinski definition) is 2. The molecular weight excluding hydrogens is 254 g/mol. The van der Waals surface area contributed by atoms with Crippen molar-refractivity contribution in [2.45, 2.75) is 52.4 Å². The van der Waals surface area contributed by atoms with Crippen LogP contribution in [0.5, 0.6) is 0 Å². The van der Waals surface area contributed by atoms with Gasteiger partial charge in [-0.3, -0.25) is 4.79 Å². The van der Waals surface area contributed by atoms with E-state index in [9.17, 15) is 14.7 Å². The second-order valence-corrected chi connectivity index (χ2v) is 5.02. The molecule has 0 spiro atoms. The zero-order valence-electron chi connectivity index (χ0n) is 12.2. The first-order valence-corrected chi connectivity index (χ1v) is 7.19. The molecule has 1 aromatic rings. The quantitative estimate of drug-likeness (QED) is 0.706. The largest absolute Gasteiger partial charge is 0.478 e. The van der Waals surface area contributed by atoms with E-state index in [1.807, 2.05) is 0 Å². The summed E-state index contributed by atoms with van der Waals surface area (Å²) in [5.74, 6) is -1.13.